The van der Waals surface area contributed by atoms with E-state index in [1.165, 1.54) is 4.52 Å². The van der Waals surface area contributed by atoms with Crippen molar-refractivity contribution in [1.29, 1.82) is 0 Å². The Labute approximate surface area is 180 Å². The Balaban J connectivity index is 1.80. The molecule has 0 spiro atoms. The highest BCUT2D eigenvalue weighted by Crippen LogP contribution is 2.24. The van der Waals surface area contributed by atoms with Crippen molar-refractivity contribution in [2.45, 2.75) is 46.3 Å². The van der Waals surface area contributed by atoms with E-state index in [2.05, 4.69) is 31.3 Å². The van der Waals surface area contributed by atoms with Gasteiger partial charge >= 0.3 is 0 Å². The van der Waals surface area contributed by atoms with Gasteiger partial charge < -0.3 is 14.8 Å². The molecule has 0 bridgehead atoms. The highest BCUT2D eigenvalue weighted by atomic mass is 79.9. The minimum absolute atomic E-state index is 0.0722. The SMILES string of the molecule is CCc1cc2n(CC(=O)Nc3ccc(Br)cn3)c3c(c(=O)n2n1)CN(C(C)C)C3=O. The number of hydrogen-bond acceptors (Lipinski definition) is 5. The standard InChI is InChI=1S/C20H21BrN6O3/c1-4-13-7-17-26(10-16(28)23-15-6-5-12(21)8-22-15)18-14(19(29)27(17)24-13)9-25(11(2)3)20(18)30/h5-8,11H,4,9-10H2,1-3H3,(H,22,23,28). The lowest BCUT2D eigenvalue weighted by Gasteiger charge is -2.20. The largest absolute Gasteiger partial charge is 0.330 e. The lowest BCUT2D eigenvalue weighted by molar-refractivity contribution is -0.116. The van der Waals surface area contributed by atoms with Gasteiger partial charge in [-0.25, -0.2) is 4.98 Å². The number of aromatic nitrogens is 4. The Bertz CT molecular complexity index is 1210. The molecule has 9 nitrogen and oxygen atoms in total. The molecule has 3 aromatic rings. The summed E-state index contributed by atoms with van der Waals surface area (Å²) in [6, 6.07) is 5.12. The third kappa shape index (κ3) is 3.41. The highest BCUT2D eigenvalue weighted by Gasteiger charge is 2.36. The third-order valence-electron chi connectivity index (χ3n) is 5.10. The van der Waals surface area contributed by atoms with Gasteiger partial charge in [0.25, 0.3) is 11.5 Å². The normalized spacial score (nSPS) is 13.4. The molecule has 0 aromatic carbocycles. The van der Waals surface area contributed by atoms with Crippen LogP contribution in [0.25, 0.3) is 5.65 Å². The molecule has 4 rings (SSSR count). The Morgan fingerprint density at radius 2 is 2.07 bits per heavy atom. The second-order valence-corrected chi connectivity index (χ2v) is 8.33. The second-order valence-electron chi connectivity index (χ2n) is 7.41. The first kappa shape index (κ1) is 20.3. The Morgan fingerprint density at radius 1 is 1.30 bits per heavy atom. The van der Waals surface area contributed by atoms with Gasteiger partial charge in [-0.2, -0.15) is 9.61 Å². The first-order valence-electron chi connectivity index (χ1n) is 9.66. The predicted octanol–water partition coefficient (Wildman–Crippen LogP) is 2.22. The van der Waals surface area contributed by atoms with Gasteiger partial charge in [0.15, 0.2) is 0 Å². The molecule has 1 aliphatic rings. The smallest absolute Gasteiger partial charge is 0.280 e. The van der Waals surface area contributed by atoms with Crippen LogP contribution in [-0.4, -0.2) is 41.9 Å². The van der Waals surface area contributed by atoms with E-state index < -0.39 is 0 Å². The third-order valence-corrected chi connectivity index (χ3v) is 5.57. The summed E-state index contributed by atoms with van der Waals surface area (Å²) in [7, 11) is 0. The van der Waals surface area contributed by atoms with Gasteiger partial charge in [-0.3, -0.25) is 14.4 Å². The zero-order valence-electron chi connectivity index (χ0n) is 16.8. The Kier molecular flexibility index (Phi) is 5.19. The van der Waals surface area contributed by atoms with Gasteiger partial charge in [-0.15, -0.1) is 0 Å². The Hall–Kier alpha value is -3.01. The van der Waals surface area contributed by atoms with Crippen LogP contribution in [0.3, 0.4) is 0 Å². The van der Waals surface area contributed by atoms with E-state index >= 15 is 0 Å². The molecule has 10 heteroatoms. The fraction of sp³-hybridized carbons (Fsp3) is 0.350. The van der Waals surface area contributed by atoms with Gasteiger partial charge in [0.05, 0.1) is 17.8 Å². The summed E-state index contributed by atoms with van der Waals surface area (Å²) in [5.74, 6) is -0.212. The molecular formula is C20H21BrN6O3. The van der Waals surface area contributed by atoms with Crippen molar-refractivity contribution in [3.8, 4) is 0 Å². The number of nitrogens with one attached hydrogen (secondary N) is 1. The molecule has 156 valence electrons. The number of halogens is 1. The summed E-state index contributed by atoms with van der Waals surface area (Å²) < 4.78 is 3.67. The molecule has 1 aliphatic heterocycles. The van der Waals surface area contributed by atoms with Gasteiger partial charge in [0.2, 0.25) is 5.91 Å². The van der Waals surface area contributed by atoms with Gasteiger partial charge in [0.1, 0.15) is 23.7 Å². The van der Waals surface area contributed by atoms with E-state index in [1.807, 2.05) is 20.8 Å². The highest BCUT2D eigenvalue weighted by molar-refractivity contribution is 9.10. The fourth-order valence-corrected chi connectivity index (χ4v) is 3.79. The molecule has 0 saturated heterocycles. The van der Waals surface area contributed by atoms with Crippen molar-refractivity contribution in [2.24, 2.45) is 0 Å². The van der Waals surface area contributed by atoms with Crippen LogP contribution in [0, 0.1) is 0 Å². The van der Waals surface area contributed by atoms with Crippen molar-refractivity contribution in [3.05, 3.63) is 56.2 Å². The van der Waals surface area contributed by atoms with Crippen LogP contribution in [0.1, 0.15) is 42.5 Å². The number of aryl methyl sites for hydroxylation is 1. The molecule has 0 saturated carbocycles. The molecular weight excluding hydrogens is 452 g/mol. The minimum atomic E-state index is -0.354. The number of rotatable bonds is 5. The van der Waals surface area contributed by atoms with Crippen molar-refractivity contribution in [2.75, 3.05) is 5.32 Å². The molecule has 0 unspecified atom stereocenters. The van der Waals surface area contributed by atoms with Crippen molar-refractivity contribution in [3.63, 3.8) is 0 Å². The molecule has 30 heavy (non-hydrogen) atoms. The lowest BCUT2D eigenvalue weighted by Crippen LogP contribution is -2.32. The number of carbonyl (C=O) groups is 2. The number of carbonyl (C=O) groups excluding carboxylic acids is 2. The van der Waals surface area contributed by atoms with Crippen LogP contribution in [0.15, 0.2) is 33.7 Å². The number of hydrogen-bond donors (Lipinski definition) is 1. The molecule has 0 fully saturated rings. The van der Waals surface area contributed by atoms with E-state index in [-0.39, 0.29) is 42.2 Å². The van der Waals surface area contributed by atoms with Crippen LogP contribution in [0.4, 0.5) is 5.82 Å². The summed E-state index contributed by atoms with van der Waals surface area (Å²) in [4.78, 5) is 44.7. The Morgan fingerprint density at radius 3 is 2.70 bits per heavy atom. The number of fused-ring (bicyclic) bond motifs is 2. The predicted molar refractivity (Wildman–Crippen MR) is 114 cm³/mol. The van der Waals surface area contributed by atoms with E-state index in [1.54, 1.807) is 33.9 Å². The maximum absolute atomic E-state index is 13.1. The first-order chi connectivity index (χ1) is 14.3. The maximum atomic E-state index is 13.1. The summed E-state index contributed by atoms with van der Waals surface area (Å²) in [5, 5.41) is 7.10. The molecule has 3 aromatic heterocycles. The van der Waals surface area contributed by atoms with Crippen LogP contribution in [0.5, 0.6) is 0 Å². The van der Waals surface area contributed by atoms with Gasteiger partial charge in [-0.05, 0) is 48.3 Å². The van der Waals surface area contributed by atoms with Crippen LogP contribution in [-0.2, 0) is 24.3 Å². The van der Waals surface area contributed by atoms with E-state index in [0.717, 1.165) is 4.47 Å². The molecule has 0 aliphatic carbocycles. The number of amides is 2. The topological polar surface area (TPSA) is 102 Å². The average molecular weight is 473 g/mol. The van der Waals surface area contributed by atoms with Crippen molar-refractivity contribution < 1.29 is 9.59 Å². The van der Waals surface area contributed by atoms with Gasteiger partial charge in [-0.1, -0.05) is 6.92 Å². The first-order valence-corrected chi connectivity index (χ1v) is 10.5. The number of anilines is 1. The quantitative estimate of drug-likeness (QED) is 0.613. The lowest BCUT2D eigenvalue weighted by atomic mass is 10.2. The second kappa shape index (κ2) is 7.67. The zero-order chi connectivity index (χ0) is 21.6. The molecule has 2 amide bonds. The summed E-state index contributed by atoms with van der Waals surface area (Å²) >= 11 is 3.31. The molecule has 1 N–H and O–H groups in total. The number of nitrogens with zero attached hydrogens (tertiary/aromatic N) is 5. The average Bonchev–Trinajstić information content (AvgIpc) is 3.29. The molecule has 4 heterocycles. The number of pyridine rings is 1. The van der Waals surface area contributed by atoms with E-state index in [9.17, 15) is 14.4 Å². The summed E-state index contributed by atoms with van der Waals surface area (Å²) in [5.41, 5.74) is 1.44. The molecule has 0 atom stereocenters. The zero-order valence-corrected chi connectivity index (χ0v) is 18.4. The van der Waals surface area contributed by atoms with Crippen molar-refractivity contribution in [1.82, 2.24) is 24.1 Å². The summed E-state index contributed by atoms with van der Waals surface area (Å²) in [6.45, 7) is 5.78. The maximum Gasteiger partial charge on any atom is 0.280 e. The van der Waals surface area contributed by atoms with Crippen LogP contribution >= 0.6 is 15.9 Å². The molecule has 0 radical (unpaired) electrons. The monoisotopic (exact) mass is 472 g/mol. The van der Waals surface area contributed by atoms with E-state index in [0.29, 0.717) is 29.1 Å². The fourth-order valence-electron chi connectivity index (χ4n) is 3.56. The van der Waals surface area contributed by atoms with Crippen LogP contribution in [0.2, 0.25) is 0 Å². The van der Waals surface area contributed by atoms with Crippen molar-refractivity contribution >= 4 is 39.2 Å². The van der Waals surface area contributed by atoms with E-state index in [4.69, 9.17) is 0 Å². The summed E-state index contributed by atoms with van der Waals surface area (Å²) in [6.07, 6.45) is 2.21. The minimum Gasteiger partial charge on any atom is -0.330 e. The van der Waals surface area contributed by atoms with Crippen LogP contribution < -0.4 is 10.9 Å². The van der Waals surface area contributed by atoms with Gasteiger partial charge in [0, 0.05) is 22.8 Å².